The number of fused-ring (bicyclic) bond motifs is 3. The average molecular weight is 531 g/mol. The van der Waals surface area contributed by atoms with Crippen LogP contribution in [-0.4, -0.2) is 40.4 Å². The average Bonchev–Trinajstić information content (AvgIpc) is 2.83. The Bertz CT molecular complexity index is 1140. The second-order valence-electron chi connectivity index (χ2n) is 8.92. The van der Waals surface area contributed by atoms with Crippen LogP contribution in [0.5, 0.6) is 5.75 Å². The van der Waals surface area contributed by atoms with Gasteiger partial charge in [0.1, 0.15) is 17.8 Å². The highest BCUT2D eigenvalue weighted by molar-refractivity contribution is 6.30. The molecular weight excluding hydrogens is 508 g/mol. The van der Waals surface area contributed by atoms with Crippen molar-refractivity contribution in [2.24, 2.45) is 5.41 Å². The number of piperidine rings is 2. The molecule has 36 heavy (non-hydrogen) atoms. The number of aliphatic hydroxyl groups is 1. The third-order valence-corrected chi connectivity index (χ3v) is 6.91. The van der Waals surface area contributed by atoms with Crippen LogP contribution in [0.15, 0.2) is 36.5 Å². The van der Waals surface area contributed by atoms with Crippen molar-refractivity contribution in [1.82, 2.24) is 20.9 Å². The van der Waals surface area contributed by atoms with Crippen molar-refractivity contribution in [3.05, 3.63) is 58.6 Å². The Hall–Kier alpha value is -2.96. The largest absolute Gasteiger partial charge is 0.484 e. The van der Waals surface area contributed by atoms with Crippen molar-refractivity contribution in [2.75, 3.05) is 6.61 Å². The van der Waals surface area contributed by atoms with Gasteiger partial charge in [-0.3, -0.25) is 19.9 Å². The van der Waals surface area contributed by atoms with Gasteiger partial charge in [0.05, 0.1) is 33.9 Å². The smallest absolute Gasteiger partial charge is 0.417 e. The SMILES string of the molecule is O=C(COc1ccc(Cl)c(F)c1)NC12CCC(C(=O)NCc3ccc(C(F)(F)F)cn3)(CC1)C(O)N2. The first kappa shape index (κ1) is 26.1. The lowest BCUT2D eigenvalue weighted by Crippen LogP contribution is -2.74. The number of carbonyl (C=O) groups is 2. The third-order valence-electron chi connectivity index (χ3n) is 6.61. The Labute approximate surface area is 208 Å². The first-order valence-electron chi connectivity index (χ1n) is 11.1. The van der Waals surface area contributed by atoms with Gasteiger partial charge in [-0.05, 0) is 49.9 Å². The number of nitrogens with one attached hydrogen (secondary N) is 3. The fourth-order valence-corrected chi connectivity index (χ4v) is 4.63. The lowest BCUT2D eigenvalue weighted by molar-refractivity contribution is -0.164. The summed E-state index contributed by atoms with van der Waals surface area (Å²) in [6, 6.07) is 5.85. The van der Waals surface area contributed by atoms with Gasteiger partial charge in [0.2, 0.25) is 5.91 Å². The quantitative estimate of drug-likeness (QED) is 0.410. The van der Waals surface area contributed by atoms with Gasteiger partial charge in [0.25, 0.3) is 5.91 Å². The molecule has 5 rings (SSSR count). The van der Waals surface area contributed by atoms with Gasteiger partial charge in [-0.2, -0.15) is 13.2 Å². The number of alkyl halides is 3. The molecule has 4 N–H and O–H groups in total. The van der Waals surface area contributed by atoms with Crippen LogP contribution in [0.25, 0.3) is 0 Å². The maximum atomic E-state index is 13.5. The van der Waals surface area contributed by atoms with E-state index in [1.54, 1.807) is 0 Å². The van der Waals surface area contributed by atoms with Crippen molar-refractivity contribution in [1.29, 1.82) is 0 Å². The molecule has 1 aromatic heterocycles. The van der Waals surface area contributed by atoms with E-state index in [4.69, 9.17) is 16.3 Å². The number of carbonyl (C=O) groups excluding carboxylic acids is 2. The molecule has 1 atom stereocenters. The molecule has 1 aliphatic carbocycles. The highest BCUT2D eigenvalue weighted by atomic mass is 35.5. The Morgan fingerprint density at radius 2 is 1.92 bits per heavy atom. The number of benzene rings is 1. The van der Waals surface area contributed by atoms with E-state index in [9.17, 15) is 32.3 Å². The number of hydrogen-bond acceptors (Lipinski definition) is 6. The van der Waals surface area contributed by atoms with Crippen molar-refractivity contribution in [2.45, 2.75) is 50.3 Å². The number of amides is 2. The predicted octanol–water partition coefficient (Wildman–Crippen LogP) is 2.88. The molecule has 2 aromatic rings. The number of rotatable bonds is 7. The zero-order chi connectivity index (χ0) is 26.1. The first-order valence-corrected chi connectivity index (χ1v) is 11.5. The summed E-state index contributed by atoms with van der Waals surface area (Å²) < 4.78 is 56.9. The second kappa shape index (κ2) is 9.83. The van der Waals surface area contributed by atoms with Gasteiger partial charge >= 0.3 is 6.18 Å². The molecule has 194 valence electrons. The maximum absolute atomic E-state index is 13.5. The van der Waals surface area contributed by atoms with E-state index in [-0.39, 0.29) is 35.9 Å². The summed E-state index contributed by atoms with van der Waals surface area (Å²) in [4.78, 5) is 29.1. The fraction of sp³-hybridized carbons (Fsp3) is 0.435. The predicted molar refractivity (Wildman–Crippen MR) is 119 cm³/mol. The Morgan fingerprint density at radius 1 is 1.19 bits per heavy atom. The van der Waals surface area contributed by atoms with Gasteiger partial charge in [0.15, 0.2) is 6.61 Å². The molecule has 2 bridgehead atoms. The van der Waals surface area contributed by atoms with Crippen LogP contribution < -0.4 is 20.7 Å². The molecule has 3 fully saturated rings. The second-order valence-corrected chi connectivity index (χ2v) is 9.32. The topological polar surface area (TPSA) is 113 Å². The zero-order valence-electron chi connectivity index (χ0n) is 18.8. The standard InChI is InChI=1S/C23H23ClF4N4O4/c24-16-4-3-15(9-17(16)25)36-12-18(33)31-22-7-5-21(6-8-22,20(35)32-22)19(34)30-11-14-2-1-13(10-29-14)23(26,27)28/h1-4,9-10,20,32,35H,5-8,11-12H2,(H,30,34)(H,31,33). The molecule has 13 heteroatoms. The molecule has 1 saturated carbocycles. The third kappa shape index (κ3) is 5.40. The van der Waals surface area contributed by atoms with Gasteiger partial charge < -0.3 is 20.5 Å². The number of nitrogens with zero attached hydrogens (tertiary/aromatic N) is 1. The summed E-state index contributed by atoms with van der Waals surface area (Å²) in [7, 11) is 0. The number of halogens is 5. The number of hydrogen-bond donors (Lipinski definition) is 4. The van der Waals surface area contributed by atoms with E-state index in [0.29, 0.717) is 19.0 Å². The highest BCUT2D eigenvalue weighted by Crippen LogP contribution is 2.47. The molecule has 2 aliphatic heterocycles. The van der Waals surface area contributed by atoms with Gasteiger partial charge in [-0.1, -0.05) is 11.6 Å². The Kier molecular flexibility index (Phi) is 7.13. The summed E-state index contributed by atoms with van der Waals surface area (Å²) in [5.74, 6) is -1.52. The molecule has 0 radical (unpaired) electrons. The lowest BCUT2D eigenvalue weighted by atomic mass is 9.64. The number of ether oxygens (including phenoxy) is 1. The maximum Gasteiger partial charge on any atom is 0.417 e. The molecule has 1 aromatic carbocycles. The lowest BCUT2D eigenvalue weighted by Gasteiger charge is -2.55. The first-order chi connectivity index (χ1) is 16.9. The Balaban J connectivity index is 1.30. The van der Waals surface area contributed by atoms with Gasteiger partial charge in [-0.25, -0.2) is 4.39 Å². The van der Waals surface area contributed by atoms with Gasteiger partial charge in [-0.15, -0.1) is 0 Å². The van der Waals surface area contributed by atoms with E-state index in [0.717, 1.165) is 12.1 Å². The number of aromatic nitrogens is 1. The molecule has 3 heterocycles. The summed E-state index contributed by atoms with van der Waals surface area (Å²) in [5, 5.41) is 19.0. The number of aliphatic hydroxyl groups excluding tert-OH is 1. The van der Waals surface area contributed by atoms with E-state index < -0.39 is 53.3 Å². The van der Waals surface area contributed by atoms with E-state index in [1.165, 1.54) is 18.2 Å². The fourth-order valence-electron chi connectivity index (χ4n) is 4.51. The van der Waals surface area contributed by atoms with Crippen molar-refractivity contribution in [3.63, 3.8) is 0 Å². The van der Waals surface area contributed by atoms with Gasteiger partial charge in [0, 0.05) is 12.3 Å². The minimum Gasteiger partial charge on any atom is -0.484 e. The monoisotopic (exact) mass is 530 g/mol. The summed E-state index contributed by atoms with van der Waals surface area (Å²) >= 11 is 5.62. The highest BCUT2D eigenvalue weighted by Gasteiger charge is 2.58. The molecule has 2 amide bonds. The minimum absolute atomic E-state index is 0.0727. The van der Waals surface area contributed by atoms with Crippen LogP contribution in [0.3, 0.4) is 0 Å². The summed E-state index contributed by atoms with van der Waals surface area (Å²) in [6.45, 7) is -0.498. The number of pyridine rings is 1. The molecular formula is C23H23ClF4N4O4. The molecule has 3 aliphatic rings. The van der Waals surface area contributed by atoms with Crippen LogP contribution in [0.2, 0.25) is 5.02 Å². The summed E-state index contributed by atoms with van der Waals surface area (Å²) in [6.07, 6.45) is -3.87. The minimum atomic E-state index is -4.50. The molecule has 0 spiro atoms. The zero-order valence-corrected chi connectivity index (χ0v) is 19.5. The molecule has 8 nitrogen and oxygen atoms in total. The van der Waals surface area contributed by atoms with Crippen LogP contribution in [-0.2, 0) is 22.3 Å². The van der Waals surface area contributed by atoms with E-state index in [2.05, 4.69) is 20.9 Å². The van der Waals surface area contributed by atoms with Crippen LogP contribution in [0, 0.1) is 11.2 Å². The molecule has 2 saturated heterocycles. The normalized spacial score (nSPS) is 25.3. The van der Waals surface area contributed by atoms with E-state index >= 15 is 0 Å². The van der Waals surface area contributed by atoms with Crippen LogP contribution >= 0.6 is 11.6 Å². The van der Waals surface area contributed by atoms with E-state index in [1.807, 2.05) is 0 Å². The molecule has 1 unspecified atom stereocenters. The van der Waals surface area contributed by atoms with Crippen molar-refractivity contribution in [3.8, 4) is 5.75 Å². The van der Waals surface area contributed by atoms with Crippen LogP contribution in [0.1, 0.15) is 36.9 Å². The Morgan fingerprint density at radius 3 is 2.50 bits per heavy atom. The van der Waals surface area contributed by atoms with Crippen molar-refractivity contribution < 1.29 is 37.0 Å². The van der Waals surface area contributed by atoms with Crippen LogP contribution in [0.4, 0.5) is 17.6 Å². The van der Waals surface area contributed by atoms with Crippen molar-refractivity contribution >= 4 is 23.4 Å². The summed E-state index contributed by atoms with van der Waals surface area (Å²) in [5.41, 5.74) is -2.75.